The maximum Gasteiger partial charge on any atom is -0.0170 e. The van der Waals surface area contributed by atoms with Gasteiger partial charge in [-0.2, -0.15) is 0 Å². The summed E-state index contributed by atoms with van der Waals surface area (Å²) < 4.78 is 0. The van der Waals surface area contributed by atoms with Crippen molar-refractivity contribution in [2.45, 2.75) is 33.6 Å². The summed E-state index contributed by atoms with van der Waals surface area (Å²) in [6.07, 6.45) is 5.07. The fourth-order valence-corrected chi connectivity index (χ4v) is 1.26. The Balaban J connectivity index is 2.33. The number of allylic oxidation sites excluding steroid dienone is 2. The second-order valence-corrected chi connectivity index (χ2v) is 3.29. The molecule has 0 radical (unpaired) electrons. The predicted octanol–water partition coefficient (Wildman–Crippen LogP) is 3.00. The van der Waals surface area contributed by atoms with Gasteiger partial charge in [0.2, 0.25) is 0 Å². The zero-order chi connectivity index (χ0) is 6.85. The van der Waals surface area contributed by atoms with Crippen molar-refractivity contribution < 1.29 is 0 Å². The van der Waals surface area contributed by atoms with E-state index in [0.717, 1.165) is 11.8 Å². The van der Waals surface area contributed by atoms with Gasteiger partial charge in [0.25, 0.3) is 0 Å². The van der Waals surface area contributed by atoms with E-state index in [0.29, 0.717) is 0 Å². The van der Waals surface area contributed by atoms with Gasteiger partial charge in [-0.25, -0.2) is 0 Å². The summed E-state index contributed by atoms with van der Waals surface area (Å²) in [5.74, 6) is 1.76. The first-order valence-corrected chi connectivity index (χ1v) is 3.93. The standard InChI is InChI=1S/C9H16/c1-4-8-5-9(6-8)7(2)3/h5,7,9H,4,6H2,1-3H3. The van der Waals surface area contributed by atoms with Crippen LogP contribution in [0, 0.1) is 11.8 Å². The van der Waals surface area contributed by atoms with E-state index in [-0.39, 0.29) is 0 Å². The van der Waals surface area contributed by atoms with Gasteiger partial charge < -0.3 is 0 Å². The number of hydrogen-bond acceptors (Lipinski definition) is 0. The molecule has 1 atom stereocenters. The van der Waals surface area contributed by atoms with Gasteiger partial charge in [-0.3, -0.25) is 0 Å². The van der Waals surface area contributed by atoms with Crippen LogP contribution in [0.5, 0.6) is 0 Å². The molecule has 0 heterocycles. The van der Waals surface area contributed by atoms with Gasteiger partial charge in [-0.05, 0) is 24.7 Å². The van der Waals surface area contributed by atoms with Crippen molar-refractivity contribution >= 4 is 0 Å². The molecule has 0 spiro atoms. The fourth-order valence-electron chi connectivity index (χ4n) is 1.26. The normalized spacial score (nSPS) is 25.8. The van der Waals surface area contributed by atoms with Crippen LogP contribution in [-0.4, -0.2) is 0 Å². The Morgan fingerprint density at radius 3 is 2.56 bits per heavy atom. The smallest absolute Gasteiger partial charge is 0.0170 e. The molecule has 1 aliphatic carbocycles. The van der Waals surface area contributed by atoms with Gasteiger partial charge in [0.15, 0.2) is 0 Å². The average molecular weight is 124 g/mol. The molecule has 0 amide bonds. The van der Waals surface area contributed by atoms with E-state index in [1.54, 1.807) is 5.57 Å². The molecule has 0 aromatic rings. The third-order valence-corrected chi connectivity index (χ3v) is 2.26. The molecule has 1 rings (SSSR count). The molecule has 0 nitrogen and oxygen atoms in total. The molecular formula is C9H16. The lowest BCUT2D eigenvalue weighted by atomic mass is 9.78. The third-order valence-electron chi connectivity index (χ3n) is 2.26. The van der Waals surface area contributed by atoms with Gasteiger partial charge in [0, 0.05) is 0 Å². The van der Waals surface area contributed by atoms with Crippen LogP contribution in [-0.2, 0) is 0 Å². The maximum absolute atomic E-state index is 2.44. The molecule has 1 aliphatic rings. The average Bonchev–Trinajstić information content (AvgIpc) is 1.61. The van der Waals surface area contributed by atoms with Crippen LogP contribution in [0.2, 0.25) is 0 Å². The number of rotatable bonds is 2. The highest BCUT2D eigenvalue weighted by molar-refractivity contribution is 5.16. The first kappa shape index (κ1) is 6.85. The molecule has 52 valence electrons. The highest BCUT2D eigenvalue weighted by atomic mass is 14.2. The van der Waals surface area contributed by atoms with Gasteiger partial charge in [-0.1, -0.05) is 32.4 Å². The summed E-state index contributed by atoms with van der Waals surface area (Å²) in [5, 5.41) is 0. The zero-order valence-corrected chi connectivity index (χ0v) is 6.65. The molecule has 0 aromatic carbocycles. The lowest BCUT2D eigenvalue weighted by Crippen LogP contribution is -2.15. The first-order chi connectivity index (χ1) is 4.24. The van der Waals surface area contributed by atoms with E-state index in [1.807, 2.05) is 0 Å². The Hall–Kier alpha value is -0.260. The molecule has 0 fully saturated rings. The van der Waals surface area contributed by atoms with Crippen LogP contribution < -0.4 is 0 Å². The highest BCUT2D eigenvalue weighted by Crippen LogP contribution is 2.33. The lowest BCUT2D eigenvalue weighted by Gasteiger charge is -2.27. The topological polar surface area (TPSA) is 0 Å². The SMILES string of the molecule is CCC1=CC(C(C)C)C1. The Kier molecular flexibility index (Phi) is 1.94. The van der Waals surface area contributed by atoms with Crippen LogP contribution >= 0.6 is 0 Å². The molecule has 0 saturated carbocycles. The van der Waals surface area contributed by atoms with Crippen molar-refractivity contribution in [3.05, 3.63) is 11.6 Å². The Bertz CT molecular complexity index is 120. The monoisotopic (exact) mass is 124 g/mol. The largest absolute Gasteiger partial charge is 0.0816 e. The minimum Gasteiger partial charge on any atom is -0.0816 e. The van der Waals surface area contributed by atoms with Gasteiger partial charge >= 0.3 is 0 Å². The molecule has 0 saturated heterocycles. The van der Waals surface area contributed by atoms with Gasteiger partial charge in [0.1, 0.15) is 0 Å². The second kappa shape index (κ2) is 2.55. The van der Waals surface area contributed by atoms with E-state index in [1.165, 1.54) is 12.8 Å². The van der Waals surface area contributed by atoms with Crippen molar-refractivity contribution in [3.63, 3.8) is 0 Å². The summed E-state index contributed by atoms with van der Waals surface area (Å²) in [5.41, 5.74) is 1.66. The molecule has 0 aliphatic heterocycles. The highest BCUT2D eigenvalue weighted by Gasteiger charge is 2.19. The van der Waals surface area contributed by atoms with Crippen molar-refractivity contribution in [3.8, 4) is 0 Å². The number of hydrogen-bond donors (Lipinski definition) is 0. The Labute approximate surface area is 58.0 Å². The molecule has 9 heavy (non-hydrogen) atoms. The van der Waals surface area contributed by atoms with Gasteiger partial charge in [-0.15, -0.1) is 0 Å². The summed E-state index contributed by atoms with van der Waals surface area (Å²) >= 11 is 0. The van der Waals surface area contributed by atoms with E-state index in [9.17, 15) is 0 Å². The molecule has 0 bridgehead atoms. The molecule has 0 N–H and O–H groups in total. The van der Waals surface area contributed by atoms with Crippen molar-refractivity contribution in [2.24, 2.45) is 11.8 Å². The van der Waals surface area contributed by atoms with Crippen LogP contribution in [0.4, 0.5) is 0 Å². The summed E-state index contributed by atoms with van der Waals surface area (Å²) in [7, 11) is 0. The molecule has 0 heteroatoms. The predicted molar refractivity (Wildman–Crippen MR) is 41.3 cm³/mol. The first-order valence-electron chi connectivity index (χ1n) is 3.93. The quantitative estimate of drug-likeness (QED) is 0.496. The van der Waals surface area contributed by atoms with Crippen LogP contribution in [0.1, 0.15) is 33.6 Å². The van der Waals surface area contributed by atoms with E-state index in [4.69, 9.17) is 0 Å². The summed E-state index contributed by atoms with van der Waals surface area (Å²) in [6.45, 7) is 6.84. The van der Waals surface area contributed by atoms with Crippen LogP contribution in [0.25, 0.3) is 0 Å². The van der Waals surface area contributed by atoms with E-state index < -0.39 is 0 Å². The molecule has 1 unspecified atom stereocenters. The molecule has 0 aromatic heterocycles. The zero-order valence-electron chi connectivity index (χ0n) is 6.65. The Morgan fingerprint density at radius 2 is 2.22 bits per heavy atom. The summed E-state index contributed by atoms with van der Waals surface area (Å²) in [6, 6.07) is 0. The van der Waals surface area contributed by atoms with E-state index >= 15 is 0 Å². The van der Waals surface area contributed by atoms with Crippen LogP contribution in [0.15, 0.2) is 11.6 Å². The summed E-state index contributed by atoms with van der Waals surface area (Å²) in [4.78, 5) is 0. The van der Waals surface area contributed by atoms with Crippen molar-refractivity contribution in [2.75, 3.05) is 0 Å². The van der Waals surface area contributed by atoms with Crippen molar-refractivity contribution in [1.82, 2.24) is 0 Å². The van der Waals surface area contributed by atoms with E-state index in [2.05, 4.69) is 26.8 Å². The fraction of sp³-hybridized carbons (Fsp3) is 0.778. The Morgan fingerprint density at radius 1 is 1.67 bits per heavy atom. The minimum absolute atomic E-state index is 0.861. The van der Waals surface area contributed by atoms with Gasteiger partial charge in [0.05, 0.1) is 0 Å². The van der Waals surface area contributed by atoms with Crippen LogP contribution in [0.3, 0.4) is 0 Å². The minimum atomic E-state index is 0.861. The lowest BCUT2D eigenvalue weighted by molar-refractivity contribution is 0.416. The third kappa shape index (κ3) is 1.35. The maximum atomic E-state index is 2.44. The molecular weight excluding hydrogens is 108 g/mol. The second-order valence-electron chi connectivity index (χ2n) is 3.29. The van der Waals surface area contributed by atoms with Crippen molar-refractivity contribution in [1.29, 1.82) is 0 Å².